The summed E-state index contributed by atoms with van der Waals surface area (Å²) in [5, 5.41) is 3.08. The smallest absolute Gasteiger partial charge is 0.323 e. The number of methoxy groups -OCH3 is 2. The lowest BCUT2D eigenvalue weighted by Crippen LogP contribution is -2.38. The highest BCUT2D eigenvalue weighted by Gasteiger charge is 2.34. The molecule has 0 aliphatic carbocycles. The fraction of sp³-hybridized carbons (Fsp3) is 0.179. The summed E-state index contributed by atoms with van der Waals surface area (Å²) in [6, 6.07) is 25.4. The Hall–Kier alpha value is -4.19. The van der Waals surface area contributed by atoms with E-state index in [2.05, 4.69) is 53.3 Å². The molecule has 6 nitrogen and oxygen atoms in total. The number of para-hydroxylation sites is 1. The van der Waals surface area contributed by atoms with Crippen molar-refractivity contribution in [2.45, 2.75) is 19.5 Å². The number of anilines is 1. The van der Waals surface area contributed by atoms with Gasteiger partial charge in [0.05, 0.1) is 32.1 Å². The number of hydrogen-bond acceptors (Lipinski definition) is 3. The summed E-state index contributed by atoms with van der Waals surface area (Å²) in [5.41, 5.74) is 5.96. The van der Waals surface area contributed by atoms with E-state index in [0.717, 1.165) is 28.1 Å². The minimum absolute atomic E-state index is 0.218. The average Bonchev–Trinajstić information content (AvgIpc) is 3.29. The summed E-state index contributed by atoms with van der Waals surface area (Å²) in [7, 11) is 3.18. The zero-order valence-electron chi connectivity index (χ0n) is 19.5. The lowest BCUT2D eigenvalue weighted by Gasteiger charge is -2.32. The van der Waals surface area contributed by atoms with Crippen LogP contribution in [0, 0.1) is 6.92 Å². The van der Waals surface area contributed by atoms with Gasteiger partial charge in [-0.2, -0.15) is 0 Å². The molecule has 0 saturated heterocycles. The number of urea groups is 1. The van der Waals surface area contributed by atoms with Gasteiger partial charge in [0.1, 0.15) is 17.5 Å². The van der Waals surface area contributed by atoms with E-state index in [1.54, 1.807) is 32.4 Å². The van der Waals surface area contributed by atoms with Crippen LogP contribution in [-0.2, 0) is 6.54 Å². The van der Waals surface area contributed by atoms with Crippen molar-refractivity contribution in [3.05, 3.63) is 107 Å². The summed E-state index contributed by atoms with van der Waals surface area (Å²) in [4.78, 5) is 15.8. The van der Waals surface area contributed by atoms with Crippen molar-refractivity contribution in [3.63, 3.8) is 0 Å². The second-order valence-corrected chi connectivity index (χ2v) is 8.32. The van der Waals surface area contributed by atoms with Crippen molar-refractivity contribution >= 4 is 11.7 Å². The van der Waals surface area contributed by atoms with E-state index in [4.69, 9.17) is 9.47 Å². The summed E-state index contributed by atoms with van der Waals surface area (Å²) >= 11 is 0. The third-order valence-corrected chi connectivity index (χ3v) is 6.36. The Labute approximate surface area is 199 Å². The predicted molar refractivity (Wildman–Crippen MR) is 133 cm³/mol. The van der Waals surface area contributed by atoms with E-state index in [1.807, 2.05) is 35.2 Å². The molecule has 0 fully saturated rings. The molecular formula is C28H27N3O3. The average molecular weight is 454 g/mol. The first-order valence-corrected chi connectivity index (χ1v) is 11.2. The highest BCUT2D eigenvalue weighted by Crippen LogP contribution is 2.38. The summed E-state index contributed by atoms with van der Waals surface area (Å²) in [6.07, 6.45) is 2.06. The number of aryl methyl sites for hydroxylation is 1. The van der Waals surface area contributed by atoms with E-state index in [9.17, 15) is 4.79 Å². The molecule has 3 aromatic carbocycles. The molecule has 4 aromatic rings. The van der Waals surface area contributed by atoms with Crippen LogP contribution in [0.4, 0.5) is 10.5 Å². The molecule has 0 radical (unpaired) electrons. The van der Waals surface area contributed by atoms with Gasteiger partial charge in [-0.05, 0) is 53.9 Å². The number of aromatic nitrogens is 1. The second kappa shape index (κ2) is 8.98. The van der Waals surface area contributed by atoms with Crippen LogP contribution in [0.15, 0.2) is 85.1 Å². The summed E-state index contributed by atoms with van der Waals surface area (Å²) in [6.45, 7) is 2.54. The Balaban J connectivity index is 1.64. The van der Waals surface area contributed by atoms with E-state index in [-0.39, 0.29) is 12.1 Å². The molecular weight excluding hydrogens is 426 g/mol. The van der Waals surface area contributed by atoms with E-state index < -0.39 is 0 Å². The van der Waals surface area contributed by atoms with Crippen LogP contribution in [0.2, 0.25) is 0 Å². The molecule has 6 heteroatoms. The van der Waals surface area contributed by atoms with Crippen LogP contribution in [0.5, 0.6) is 11.5 Å². The fourth-order valence-corrected chi connectivity index (χ4v) is 4.66. The van der Waals surface area contributed by atoms with Crippen molar-refractivity contribution < 1.29 is 14.3 Å². The molecule has 2 amide bonds. The molecule has 0 saturated carbocycles. The van der Waals surface area contributed by atoms with Crippen molar-refractivity contribution in [1.82, 2.24) is 9.47 Å². The van der Waals surface area contributed by atoms with Crippen LogP contribution in [0.3, 0.4) is 0 Å². The Bertz CT molecular complexity index is 1340. The third kappa shape index (κ3) is 3.77. The molecule has 1 N–H and O–H groups in total. The van der Waals surface area contributed by atoms with Crippen LogP contribution in [-0.4, -0.2) is 29.7 Å². The van der Waals surface area contributed by atoms with Crippen LogP contribution in [0.25, 0.3) is 5.69 Å². The first-order valence-electron chi connectivity index (χ1n) is 11.2. The molecule has 2 heterocycles. The number of nitrogens with one attached hydrogen (secondary N) is 1. The minimum atomic E-state index is -0.278. The number of hydrogen-bond donors (Lipinski definition) is 1. The Kier molecular flexibility index (Phi) is 5.72. The van der Waals surface area contributed by atoms with E-state index in [1.165, 1.54) is 0 Å². The normalized spacial score (nSPS) is 14.6. The zero-order chi connectivity index (χ0) is 23.7. The molecule has 5 rings (SSSR count). The van der Waals surface area contributed by atoms with Crippen molar-refractivity contribution in [2.75, 3.05) is 19.5 Å². The van der Waals surface area contributed by atoms with Crippen LogP contribution >= 0.6 is 0 Å². The van der Waals surface area contributed by atoms with Crippen molar-refractivity contribution in [2.24, 2.45) is 0 Å². The summed E-state index contributed by atoms with van der Waals surface area (Å²) < 4.78 is 13.0. The van der Waals surface area contributed by atoms with Gasteiger partial charge < -0.3 is 24.3 Å². The number of carbonyl (C=O) groups is 1. The molecule has 1 aromatic heterocycles. The molecule has 0 bridgehead atoms. The summed E-state index contributed by atoms with van der Waals surface area (Å²) in [5.74, 6) is 1.21. The van der Waals surface area contributed by atoms with E-state index >= 15 is 0 Å². The van der Waals surface area contributed by atoms with Gasteiger partial charge in [0, 0.05) is 18.0 Å². The molecule has 0 spiro atoms. The maximum absolute atomic E-state index is 13.9. The first-order chi connectivity index (χ1) is 16.6. The fourth-order valence-electron chi connectivity index (χ4n) is 4.66. The van der Waals surface area contributed by atoms with Crippen molar-refractivity contribution in [1.29, 1.82) is 0 Å². The standard InChI is InChI=1S/C28H27N3O3/c1-19-9-4-6-11-22(19)27-25-13-8-16-30(25)24-12-7-5-10-20(24)18-31(27)28(32)29-23-17-21(33-2)14-15-26(23)34-3/h4-17,27H,18H2,1-3H3,(H,29,32)/t27-/m1/s1. The molecule has 1 aliphatic rings. The van der Waals surface area contributed by atoms with Crippen LogP contribution < -0.4 is 14.8 Å². The number of carbonyl (C=O) groups excluding carboxylic acids is 1. The minimum Gasteiger partial charge on any atom is -0.497 e. The lowest BCUT2D eigenvalue weighted by molar-refractivity contribution is 0.194. The highest BCUT2D eigenvalue weighted by molar-refractivity contribution is 5.92. The number of benzene rings is 3. The quantitative estimate of drug-likeness (QED) is 0.416. The second-order valence-electron chi connectivity index (χ2n) is 8.32. The Morgan fingerprint density at radius 2 is 1.74 bits per heavy atom. The van der Waals surface area contributed by atoms with Gasteiger partial charge in [-0.1, -0.05) is 42.5 Å². The predicted octanol–water partition coefficient (Wildman–Crippen LogP) is 5.94. The Morgan fingerprint density at radius 1 is 0.941 bits per heavy atom. The van der Waals surface area contributed by atoms with Gasteiger partial charge in [0.15, 0.2) is 0 Å². The van der Waals surface area contributed by atoms with Gasteiger partial charge in [-0.25, -0.2) is 4.79 Å². The maximum atomic E-state index is 13.9. The lowest BCUT2D eigenvalue weighted by atomic mass is 9.97. The first kappa shape index (κ1) is 21.6. The molecule has 172 valence electrons. The van der Waals surface area contributed by atoms with Gasteiger partial charge in [-0.15, -0.1) is 0 Å². The van der Waals surface area contributed by atoms with Crippen molar-refractivity contribution in [3.8, 4) is 17.2 Å². The van der Waals surface area contributed by atoms with Gasteiger partial charge >= 0.3 is 6.03 Å². The number of ether oxygens (including phenoxy) is 2. The van der Waals surface area contributed by atoms with E-state index in [0.29, 0.717) is 23.7 Å². The Morgan fingerprint density at radius 3 is 2.53 bits per heavy atom. The van der Waals surface area contributed by atoms with Gasteiger partial charge in [-0.3, -0.25) is 0 Å². The highest BCUT2D eigenvalue weighted by atomic mass is 16.5. The van der Waals surface area contributed by atoms with Gasteiger partial charge in [0.2, 0.25) is 0 Å². The number of amides is 2. The van der Waals surface area contributed by atoms with Gasteiger partial charge in [0.25, 0.3) is 0 Å². The zero-order valence-corrected chi connectivity index (χ0v) is 19.5. The maximum Gasteiger partial charge on any atom is 0.323 e. The van der Waals surface area contributed by atoms with Crippen LogP contribution in [0.1, 0.15) is 28.4 Å². The SMILES string of the molecule is COc1ccc(OC)c(NC(=O)N2Cc3ccccc3-n3cccc3[C@H]2c2ccccc2C)c1. The molecule has 1 atom stereocenters. The molecule has 1 aliphatic heterocycles. The monoisotopic (exact) mass is 453 g/mol. The third-order valence-electron chi connectivity index (χ3n) is 6.36. The number of nitrogens with zero attached hydrogens (tertiary/aromatic N) is 2. The molecule has 0 unspecified atom stereocenters. The number of rotatable bonds is 4. The molecule has 34 heavy (non-hydrogen) atoms. The topological polar surface area (TPSA) is 55.7 Å². The number of fused-ring (bicyclic) bond motifs is 3. The largest absolute Gasteiger partial charge is 0.497 e.